The molecule has 0 heterocycles. The summed E-state index contributed by atoms with van der Waals surface area (Å²) in [5, 5.41) is 29.3. The number of methoxy groups -OCH3 is 2. The van der Waals surface area contributed by atoms with Crippen LogP contribution in [0.2, 0.25) is 0 Å². The van der Waals surface area contributed by atoms with Gasteiger partial charge in [-0.1, -0.05) is 18.2 Å². The second kappa shape index (κ2) is 9.57. The summed E-state index contributed by atoms with van der Waals surface area (Å²) < 4.78 is 9.96. The highest BCUT2D eigenvalue weighted by Crippen LogP contribution is 2.30. The maximum atomic E-state index is 12.1. The van der Waals surface area contributed by atoms with Crippen LogP contribution >= 0.6 is 0 Å². The molecule has 0 saturated carbocycles. The fraction of sp³-hybridized carbons (Fsp3) is 0.238. The third kappa shape index (κ3) is 5.59. The molecule has 0 aliphatic rings. The molecule has 7 nitrogen and oxygen atoms in total. The predicted octanol–water partition coefficient (Wildman–Crippen LogP) is 2.78. The van der Waals surface area contributed by atoms with Gasteiger partial charge in [-0.15, -0.1) is 0 Å². The predicted molar refractivity (Wildman–Crippen MR) is 103 cm³/mol. The van der Waals surface area contributed by atoms with Crippen LogP contribution in [0.1, 0.15) is 30.1 Å². The van der Waals surface area contributed by atoms with E-state index < -0.39 is 17.7 Å². The zero-order valence-electron chi connectivity index (χ0n) is 15.6. The highest BCUT2D eigenvalue weighted by molar-refractivity contribution is 6.06. The van der Waals surface area contributed by atoms with Crippen LogP contribution in [0.3, 0.4) is 0 Å². The number of Topliss-reactive ketones (excluding diaryl/α,β-unsaturated/α-hetero) is 1. The summed E-state index contributed by atoms with van der Waals surface area (Å²) in [6.07, 6.45) is 1.08. The summed E-state index contributed by atoms with van der Waals surface area (Å²) in [7, 11) is 2.80. The molecule has 0 aliphatic heterocycles. The van der Waals surface area contributed by atoms with E-state index in [0.717, 1.165) is 0 Å². The van der Waals surface area contributed by atoms with Crippen molar-refractivity contribution in [1.82, 2.24) is 0 Å². The van der Waals surface area contributed by atoms with Crippen LogP contribution in [0.25, 0.3) is 6.08 Å². The lowest BCUT2D eigenvalue weighted by Crippen LogP contribution is -2.10. The Hall–Kier alpha value is -3.32. The average molecular weight is 386 g/mol. The molecule has 0 radical (unpaired) electrons. The Kier molecular flexibility index (Phi) is 7.17. The Bertz CT molecular complexity index is 886. The number of hydrogen-bond donors (Lipinski definition) is 3. The van der Waals surface area contributed by atoms with Crippen molar-refractivity contribution in [2.24, 2.45) is 0 Å². The van der Waals surface area contributed by atoms with Gasteiger partial charge in [-0.3, -0.25) is 9.59 Å². The summed E-state index contributed by atoms with van der Waals surface area (Å²) in [5.41, 5.74) is 1.04. The van der Waals surface area contributed by atoms with Gasteiger partial charge in [0, 0.05) is 6.42 Å². The summed E-state index contributed by atoms with van der Waals surface area (Å²) in [4.78, 5) is 24.1. The minimum absolute atomic E-state index is 0.0130. The lowest BCUT2D eigenvalue weighted by molar-refractivity contribution is -0.126. The molecule has 148 valence electrons. The zero-order chi connectivity index (χ0) is 20.7. The van der Waals surface area contributed by atoms with Gasteiger partial charge < -0.3 is 24.8 Å². The number of aromatic hydroxyl groups is 2. The van der Waals surface area contributed by atoms with Crippen molar-refractivity contribution in [3.8, 4) is 23.0 Å². The first-order valence-electron chi connectivity index (χ1n) is 8.48. The molecule has 0 saturated heterocycles. The number of allylic oxidation sites excluding steroid dienone is 1. The number of phenolic OH excluding ortho intramolecular Hbond substituents is 2. The van der Waals surface area contributed by atoms with Crippen molar-refractivity contribution in [2.75, 3.05) is 14.2 Å². The molecule has 28 heavy (non-hydrogen) atoms. The zero-order valence-corrected chi connectivity index (χ0v) is 15.6. The first-order chi connectivity index (χ1) is 13.3. The molecule has 7 heteroatoms. The summed E-state index contributed by atoms with van der Waals surface area (Å²) in [6.45, 7) is 0. The van der Waals surface area contributed by atoms with Crippen LogP contribution in [-0.4, -0.2) is 41.1 Å². The van der Waals surface area contributed by atoms with E-state index >= 15 is 0 Å². The van der Waals surface area contributed by atoms with Crippen LogP contribution in [0.5, 0.6) is 23.0 Å². The van der Waals surface area contributed by atoms with Crippen molar-refractivity contribution in [2.45, 2.75) is 18.9 Å². The number of ether oxygens (including phenoxy) is 2. The van der Waals surface area contributed by atoms with E-state index in [4.69, 9.17) is 9.47 Å². The molecule has 0 bridgehead atoms. The standard InChI is InChI=1S/C21H22O7/c1-27-20-9-13(4-7-17(20)24)3-6-15(22)11-16(23)12-19(26)14-5-8-18(25)21(10-14)28-2/h3-10,19,24-26H,11-12H2,1-2H3/b6-3+/t19-/m1/s1. The monoisotopic (exact) mass is 386 g/mol. The highest BCUT2D eigenvalue weighted by Gasteiger charge is 2.16. The number of hydrogen-bond acceptors (Lipinski definition) is 7. The molecule has 0 aromatic heterocycles. The molecule has 2 aromatic carbocycles. The van der Waals surface area contributed by atoms with Crippen LogP contribution in [0.15, 0.2) is 42.5 Å². The van der Waals surface area contributed by atoms with Gasteiger partial charge in [-0.2, -0.15) is 0 Å². The average Bonchev–Trinajstić information content (AvgIpc) is 2.67. The van der Waals surface area contributed by atoms with Crippen molar-refractivity contribution >= 4 is 17.6 Å². The highest BCUT2D eigenvalue weighted by atomic mass is 16.5. The number of aliphatic hydroxyl groups is 1. The summed E-state index contributed by atoms with van der Waals surface area (Å²) in [5.74, 6) is -0.451. The lowest BCUT2D eigenvalue weighted by Gasteiger charge is -2.12. The molecular formula is C21H22O7. The number of phenols is 2. The van der Waals surface area contributed by atoms with E-state index in [1.165, 1.54) is 50.6 Å². The third-order valence-electron chi connectivity index (χ3n) is 4.05. The van der Waals surface area contributed by atoms with Crippen molar-refractivity contribution in [3.63, 3.8) is 0 Å². The molecule has 0 aliphatic carbocycles. The Balaban J connectivity index is 1.94. The number of ketones is 2. The maximum absolute atomic E-state index is 12.1. The second-order valence-corrected chi connectivity index (χ2v) is 6.10. The van der Waals surface area contributed by atoms with Crippen molar-refractivity contribution in [1.29, 1.82) is 0 Å². The molecule has 1 atom stereocenters. The fourth-order valence-corrected chi connectivity index (χ4v) is 2.55. The smallest absolute Gasteiger partial charge is 0.163 e. The van der Waals surface area contributed by atoms with Gasteiger partial charge >= 0.3 is 0 Å². The first-order valence-corrected chi connectivity index (χ1v) is 8.48. The van der Waals surface area contributed by atoms with Gasteiger partial charge in [-0.25, -0.2) is 0 Å². The fourth-order valence-electron chi connectivity index (χ4n) is 2.55. The quantitative estimate of drug-likeness (QED) is 0.448. The van der Waals surface area contributed by atoms with E-state index in [1.54, 1.807) is 12.1 Å². The largest absolute Gasteiger partial charge is 0.504 e. The Morgan fingerprint density at radius 3 is 2.25 bits per heavy atom. The Morgan fingerprint density at radius 1 is 1.00 bits per heavy atom. The van der Waals surface area contributed by atoms with Crippen LogP contribution in [-0.2, 0) is 9.59 Å². The van der Waals surface area contributed by atoms with Gasteiger partial charge in [0.2, 0.25) is 0 Å². The van der Waals surface area contributed by atoms with Gasteiger partial charge in [0.1, 0.15) is 5.78 Å². The van der Waals surface area contributed by atoms with Gasteiger partial charge in [0.05, 0.1) is 26.7 Å². The minimum atomic E-state index is -1.11. The third-order valence-corrected chi connectivity index (χ3v) is 4.05. The van der Waals surface area contributed by atoms with Crippen LogP contribution in [0.4, 0.5) is 0 Å². The minimum Gasteiger partial charge on any atom is -0.504 e. The number of benzene rings is 2. The van der Waals surface area contributed by atoms with E-state index in [0.29, 0.717) is 11.1 Å². The van der Waals surface area contributed by atoms with Gasteiger partial charge in [-0.05, 0) is 41.5 Å². The summed E-state index contributed by atoms with van der Waals surface area (Å²) >= 11 is 0. The SMILES string of the molecule is COc1cc(/C=C/C(=O)CC(=O)C[C@@H](O)c2ccc(O)c(OC)c2)ccc1O. The molecule has 0 fully saturated rings. The van der Waals surface area contributed by atoms with E-state index in [2.05, 4.69) is 0 Å². The van der Waals surface area contributed by atoms with Crippen LogP contribution in [0, 0.1) is 0 Å². The molecule has 0 unspecified atom stereocenters. The van der Waals surface area contributed by atoms with E-state index in [1.807, 2.05) is 0 Å². The Morgan fingerprint density at radius 2 is 1.61 bits per heavy atom. The van der Waals surface area contributed by atoms with Crippen molar-refractivity contribution in [3.05, 3.63) is 53.6 Å². The number of rotatable bonds is 9. The second-order valence-electron chi connectivity index (χ2n) is 6.10. The molecule has 0 amide bonds. The van der Waals surface area contributed by atoms with Crippen molar-refractivity contribution < 1.29 is 34.4 Å². The number of carbonyl (C=O) groups is 2. The summed E-state index contributed by atoms with van der Waals surface area (Å²) in [6, 6.07) is 8.88. The normalized spacial score (nSPS) is 12.0. The number of carbonyl (C=O) groups excluding carboxylic acids is 2. The van der Waals surface area contributed by atoms with Crippen LogP contribution < -0.4 is 9.47 Å². The number of aliphatic hydroxyl groups excluding tert-OH is 1. The molecular weight excluding hydrogens is 364 g/mol. The van der Waals surface area contributed by atoms with Gasteiger partial charge in [0.25, 0.3) is 0 Å². The maximum Gasteiger partial charge on any atom is 0.163 e. The van der Waals surface area contributed by atoms with Gasteiger partial charge in [0.15, 0.2) is 28.8 Å². The molecule has 2 aromatic rings. The lowest BCUT2D eigenvalue weighted by atomic mass is 10.0. The van der Waals surface area contributed by atoms with E-state index in [9.17, 15) is 24.9 Å². The molecule has 0 spiro atoms. The Labute approximate surface area is 162 Å². The van der Waals surface area contributed by atoms with E-state index in [-0.39, 0.29) is 35.8 Å². The topological polar surface area (TPSA) is 113 Å². The molecule has 2 rings (SSSR count). The molecule has 3 N–H and O–H groups in total. The first kappa shape index (κ1) is 21.0.